The van der Waals surface area contributed by atoms with E-state index in [1.54, 1.807) is 32.0 Å². The first-order valence-electron chi connectivity index (χ1n) is 8.79. The van der Waals surface area contributed by atoms with Gasteiger partial charge in [0.2, 0.25) is 5.91 Å². The summed E-state index contributed by atoms with van der Waals surface area (Å²) >= 11 is 0. The molecule has 0 aliphatic heterocycles. The topological polar surface area (TPSA) is 112 Å². The summed E-state index contributed by atoms with van der Waals surface area (Å²) in [6.45, 7) is 3.01. The van der Waals surface area contributed by atoms with Crippen molar-refractivity contribution >= 4 is 28.6 Å². The van der Waals surface area contributed by atoms with Gasteiger partial charge < -0.3 is 10.1 Å². The van der Waals surface area contributed by atoms with E-state index in [1.807, 2.05) is 0 Å². The maximum Gasteiger partial charge on any atom is 0.339 e. The van der Waals surface area contributed by atoms with Gasteiger partial charge in [-0.2, -0.15) is 0 Å². The molecule has 0 spiro atoms. The highest BCUT2D eigenvalue weighted by molar-refractivity contribution is 6.01. The summed E-state index contributed by atoms with van der Waals surface area (Å²) in [5, 5.41) is 2.83. The van der Waals surface area contributed by atoms with Crippen LogP contribution in [0.25, 0.3) is 11.0 Å². The van der Waals surface area contributed by atoms with Crippen LogP contribution in [0.4, 0.5) is 5.69 Å². The number of ether oxygens (including phenoxy) is 1. The zero-order valence-electron chi connectivity index (χ0n) is 16.5. The molecule has 2 heterocycles. The van der Waals surface area contributed by atoms with Gasteiger partial charge in [0, 0.05) is 12.7 Å². The number of carbonyl (C=O) groups excluding carboxylic acids is 2. The van der Waals surface area contributed by atoms with E-state index in [0.717, 1.165) is 4.57 Å². The molecule has 0 unspecified atom stereocenters. The van der Waals surface area contributed by atoms with Crippen LogP contribution in [0.1, 0.15) is 21.6 Å². The van der Waals surface area contributed by atoms with Crippen LogP contribution in [-0.2, 0) is 23.1 Å². The molecule has 3 rings (SSSR count). The van der Waals surface area contributed by atoms with Crippen molar-refractivity contribution < 1.29 is 14.3 Å². The number of nitrogens with zero attached hydrogens (tertiary/aromatic N) is 3. The van der Waals surface area contributed by atoms with E-state index in [4.69, 9.17) is 4.74 Å². The molecule has 0 fully saturated rings. The smallest absolute Gasteiger partial charge is 0.339 e. The Morgan fingerprint density at radius 1 is 1.17 bits per heavy atom. The number of nitrogens with one attached hydrogen (secondary N) is 1. The number of amides is 1. The molecule has 0 saturated heterocycles. The van der Waals surface area contributed by atoms with Gasteiger partial charge in [-0.3, -0.25) is 18.7 Å². The fourth-order valence-electron chi connectivity index (χ4n) is 3.17. The minimum Gasteiger partial charge on any atom is -0.465 e. The number of fused-ring (bicyclic) bond motifs is 1. The van der Waals surface area contributed by atoms with E-state index >= 15 is 0 Å². The van der Waals surface area contributed by atoms with Gasteiger partial charge in [0.1, 0.15) is 12.2 Å². The molecule has 0 aliphatic rings. The van der Waals surface area contributed by atoms with Crippen LogP contribution >= 0.6 is 0 Å². The molecule has 150 valence electrons. The zero-order chi connectivity index (χ0) is 21.3. The molecule has 1 N–H and O–H groups in total. The molecule has 0 radical (unpaired) electrons. The number of hydrogen-bond acceptors (Lipinski definition) is 6. The summed E-state index contributed by atoms with van der Waals surface area (Å²) in [6, 6.07) is 8.04. The Balaban J connectivity index is 2.02. The molecule has 29 heavy (non-hydrogen) atoms. The van der Waals surface area contributed by atoms with Gasteiger partial charge in [-0.05, 0) is 37.6 Å². The number of methoxy groups -OCH3 is 1. The summed E-state index contributed by atoms with van der Waals surface area (Å²) in [7, 11) is 2.73. The number of anilines is 1. The molecule has 9 heteroatoms. The fraction of sp³-hybridized carbons (Fsp3) is 0.250. The van der Waals surface area contributed by atoms with Crippen LogP contribution in [0.15, 0.2) is 39.9 Å². The van der Waals surface area contributed by atoms with Gasteiger partial charge in [-0.25, -0.2) is 14.6 Å². The highest BCUT2D eigenvalue weighted by Gasteiger charge is 2.18. The minimum absolute atomic E-state index is 0.164. The normalized spacial score (nSPS) is 10.8. The number of rotatable bonds is 4. The van der Waals surface area contributed by atoms with Gasteiger partial charge in [0.25, 0.3) is 5.56 Å². The molecule has 0 atom stereocenters. The number of aryl methyl sites for hydroxylation is 3. The molecule has 1 aromatic carbocycles. The fourth-order valence-corrected chi connectivity index (χ4v) is 3.17. The van der Waals surface area contributed by atoms with Crippen LogP contribution < -0.4 is 16.6 Å². The predicted octanol–water partition coefficient (Wildman–Crippen LogP) is 1.14. The molecule has 2 aromatic heterocycles. The second-order valence-electron chi connectivity index (χ2n) is 6.60. The Bertz CT molecular complexity index is 1260. The first-order chi connectivity index (χ1) is 13.7. The molecule has 1 amide bonds. The second kappa shape index (κ2) is 7.70. The lowest BCUT2D eigenvalue weighted by molar-refractivity contribution is -0.116. The van der Waals surface area contributed by atoms with Gasteiger partial charge in [-0.1, -0.05) is 12.1 Å². The van der Waals surface area contributed by atoms with Crippen molar-refractivity contribution in [2.45, 2.75) is 20.4 Å². The van der Waals surface area contributed by atoms with E-state index in [2.05, 4.69) is 10.3 Å². The Morgan fingerprint density at radius 2 is 1.86 bits per heavy atom. The molecule has 0 bridgehead atoms. The maximum absolute atomic E-state index is 12.9. The quantitative estimate of drug-likeness (QED) is 0.662. The monoisotopic (exact) mass is 396 g/mol. The number of benzene rings is 1. The molecule has 9 nitrogen and oxygen atoms in total. The second-order valence-corrected chi connectivity index (χ2v) is 6.60. The molecule has 3 aromatic rings. The lowest BCUT2D eigenvalue weighted by Gasteiger charge is -2.13. The number of aromatic nitrogens is 3. The molecular weight excluding hydrogens is 376 g/mol. The lowest BCUT2D eigenvalue weighted by Crippen LogP contribution is -2.42. The van der Waals surface area contributed by atoms with Crippen LogP contribution in [0.5, 0.6) is 0 Å². The maximum atomic E-state index is 12.9. The highest BCUT2D eigenvalue weighted by atomic mass is 16.5. The van der Waals surface area contributed by atoms with E-state index < -0.39 is 29.7 Å². The highest BCUT2D eigenvalue weighted by Crippen LogP contribution is 2.16. The van der Waals surface area contributed by atoms with E-state index in [0.29, 0.717) is 11.3 Å². The van der Waals surface area contributed by atoms with Gasteiger partial charge in [0.15, 0.2) is 0 Å². The van der Waals surface area contributed by atoms with Gasteiger partial charge in [-0.15, -0.1) is 0 Å². The number of pyridine rings is 1. The summed E-state index contributed by atoms with van der Waals surface area (Å²) in [5.74, 6) is -1.24. The zero-order valence-corrected chi connectivity index (χ0v) is 16.5. The Hall–Kier alpha value is -3.75. The van der Waals surface area contributed by atoms with Crippen LogP contribution in [0.2, 0.25) is 0 Å². The predicted molar refractivity (Wildman–Crippen MR) is 107 cm³/mol. The standard InChI is InChI=1S/C20H20N4O5/c1-11-9-12(2)21-17-16(11)18(26)24(20(28)23(17)3)10-15(25)22-14-8-6-5-7-13(14)19(27)29-4/h5-9H,10H2,1-4H3,(H,22,25). The van der Waals surface area contributed by atoms with Crippen LogP contribution in [0, 0.1) is 13.8 Å². The van der Waals surface area contributed by atoms with Gasteiger partial charge >= 0.3 is 11.7 Å². The largest absolute Gasteiger partial charge is 0.465 e. The Morgan fingerprint density at radius 3 is 2.55 bits per heavy atom. The van der Waals surface area contributed by atoms with Gasteiger partial charge in [0.05, 0.1) is 23.7 Å². The number of esters is 1. The van der Waals surface area contributed by atoms with Crippen molar-refractivity contribution in [1.29, 1.82) is 0 Å². The molecule has 0 aliphatic carbocycles. The van der Waals surface area contributed by atoms with E-state index in [9.17, 15) is 19.2 Å². The average Bonchev–Trinajstić information content (AvgIpc) is 2.68. The van der Waals surface area contributed by atoms with Crippen molar-refractivity contribution in [2.75, 3.05) is 12.4 Å². The van der Waals surface area contributed by atoms with Crippen molar-refractivity contribution in [1.82, 2.24) is 14.1 Å². The Kier molecular flexibility index (Phi) is 5.31. The number of para-hydroxylation sites is 1. The third kappa shape index (κ3) is 3.66. The van der Waals surface area contributed by atoms with Crippen molar-refractivity contribution in [3.05, 3.63) is 68.0 Å². The van der Waals surface area contributed by atoms with Crippen LogP contribution in [0.3, 0.4) is 0 Å². The number of carbonyl (C=O) groups is 2. The Labute approximate surface area is 165 Å². The number of hydrogen-bond donors (Lipinski definition) is 1. The molecule has 0 saturated carbocycles. The van der Waals surface area contributed by atoms with Crippen molar-refractivity contribution in [3.8, 4) is 0 Å². The first kappa shape index (κ1) is 20.0. The van der Waals surface area contributed by atoms with Crippen molar-refractivity contribution in [3.63, 3.8) is 0 Å². The third-order valence-corrected chi connectivity index (χ3v) is 4.53. The SMILES string of the molecule is COC(=O)c1ccccc1NC(=O)Cn1c(=O)c2c(C)cc(C)nc2n(C)c1=O. The van der Waals surface area contributed by atoms with Crippen LogP contribution in [-0.4, -0.2) is 33.1 Å². The van der Waals surface area contributed by atoms with E-state index in [-0.39, 0.29) is 22.3 Å². The summed E-state index contributed by atoms with van der Waals surface area (Å²) < 4.78 is 6.79. The summed E-state index contributed by atoms with van der Waals surface area (Å²) in [6.07, 6.45) is 0. The minimum atomic E-state index is -0.656. The lowest BCUT2D eigenvalue weighted by atomic mass is 10.1. The third-order valence-electron chi connectivity index (χ3n) is 4.53. The summed E-state index contributed by atoms with van der Waals surface area (Å²) in [5.41, 5.74) is 0.754. The molecular formula is C20H20N4O5. The van der Waals surface area contributed by atoms with E-state index in [1.165, 1.54) is 30.9 Å². The first-order valence-corrected chi connectivity index (χ1v) is 8.79. The summed E-state index contributed by atoms with van der Waals surface area (Å²) in [4.78, 5) is 54.2. The average molecular weight is 396 g/mol. The van der Waals surface area contributed by atoms with Crippen molar-refractivity contribution in [2.24, 2.45) is 7.05 Å².